The average Bonchev–Trinajstić information content (AvgIpc) is 3.20. The highest BCUT2D eigenvalue weighted by Gasteiger charge is 2.11. The molecule has 1 amide bonds. The van der Waals surface area contributed by atoms with Gasteiger partial charge in [-0.1, -0.05) is 25.2 Å². The third-order valence-corrected chi connectivity index (χ3v) is 5.56. The Hall–Kier alpha value is -3.79. The molecule has 0 aliphatic rings. The molecule has 0 aliphatic heterocycles. The fourth-order valence-electron chi connectivity index (χ4n) is 3.07. The van der Waals surface area contributed by atoms with Gasteiger partial charge in [-0.25, -0.2) is 9.37 Å². The first kappa shape index (κ1) is 23.4. The Kier molecular flexibility index (Phi) is 7.17. The van der Waals surface area contributed by atoms with Crippen molar-refractivity contribution >= 4 is 27.9 Å². The van der Waals surface area contributed by atoms with Gasteiger partial charge in [0.25, 0.3) is 11.5 Å². The van der Waals surface area contributed by atoms with Gasteiger partial charge in [0.2, 0.25) is 4.96 Å². The van der Waals surface area contributed by atoms with Crippen LogP contribution in [0.2, 0.25) is 0 Å². The summed E-state index contributed by atoms with van der Waals surface area (Å²) in [6, 6.07) is 13.6. The molecule has 0 spiro atoms. The van der Waals surface area contributed by atoms with Crippen molar-refractivity contribution in [2.75, 3.05) is 11.9 Å². The fraction of sp³-hybridized carbons (Fsp3) is 0.250. The Morgan fingerprint density at radius 1 is 1.09 bits per heavy atom. The van der Waals surface area contributed by atoms with E-state index in [2.05, 4.69) is 29.2 Å². The number of anilines is 1. The molecule has 0 aliphatic carbocycles. The lowest BCUT2D eigenvalue weighted by Crippen LogP contribution is -2.20. The number of carbonyl (C=O) groups is 1. The second kappa shape index (κ2) is 10.4. The van der Waals surface area contributed by atoms with Crippen LogP contribution in [0.3, 0.4) is 0 Å². The molecule has 0 saturated carbocycles. The number of hydrogen-bond acceptors (Lipinski definition) is 7. The number of aromatic nitrogens is 3. The van der Waals surface area contributed by atoms with Crippen molar-refractivity contribution in [3.05, 3.63) is 81.5 Å². The van der Waals surface area contributed by atoms with E-state index in [0.717, 1.165) is 11.4 Å². The van der Waals surface area contributed by atoms with E-state index in [1.807, 2.05) is 0 Å². The van der Waals surface area contributed by atoms with Crippen LogP contribution in [0.4, 0.5) is 10.1 Å². The van der Waals surface area contributed by atoms with Gasteiger partial charge in [-0.2, -0.15) is 9.61 Å². The maximum atomic E-state index is 12.9. The van der Waals surface area contributed by atoms with E-state index in [-0.39, 0.29) is 30.5 Å². The Morgan fingerprint density at radius 3 is 2.47 bits per heavy atom. The number of benzene rings is 2. The van der Waals surface area contributed by atoms with Gasteiger partial charge in [0.1, 0.15) is 28.9 Å². The summed E-state index contributed by atoms with van der Waals surface area (Å²) in [5.41, 5.74) is 0.844. The lowest BCUT2D eigenvalue weighted by atomic mass is 10.1. The SMILES string of the molecule is CC(C)Cc1nn2c(=O)cc(COc3ccc(NC(=O)COc4ccc(F)cc4)cc3)nc2s1. The van der Waals surface area contributed by atoms with Crippen LogP contribution in [0.1, 0.15) is 24.5 Å². The maximum absolute atomic E-state index is 12.9. The predicted molar refractivity (Wildman–Crippen MR) is 127 cm³/mol. The highest BCUT2D eigenvalue weighted by atomic mass is 32.1. The van der Waals surface area contributed by atoms with E-state index in [1.165, 1.54) is 46.2 Å². The molecule has 4 rings (SSSR count). The molecule has 2 aromatic heterocycles. The zero-order valence-electron chi connectivity index (χ0n) is 18.7. The van der Waals surface area contributed by atoms with Gasteiger partial charge in [0, 0.05) is 18.2 Å². The highest BCUT2D eigenvalue weighted by Crippen LogP contribution is 2.19. The van der Waals surface area contributed by atoms with Crippen LogP contribution in [0.25, 0.3) is 4.96 Å². The number of carbonyl (C=O) groups excluding carboxylic acids is 1. The minimum Gasteiger partial charge on any atom is -0.487 e. The molecule has 0 fully saturated rings. The predicted octanol–water partition coefficient (Wildman–Crippen LogP) is 4.09. The third-order valence-electron chi connectivity index (χ3n) is 4.63. The molecule has 0 bridgehead atoms. The molecule has 4 aromatic rings. The Balaban J connectivity index is 1.31. The van der Waals surface area contributed by atoms with E-state index < -0.39 is 0 Å². The van der Waals surface area contributed by atoms with Gasteiger partial charge in [0.05, 0.1) is 5.69 Å². The van der Waals surface area contributed by atoms with Gasteiger partial charge in [-0.05, 0) is 54.4 Å². The highest BCUT2D eigenvalue weighted by molar-refractivity contribution is 7.16. The van der Waals surface area contributed by atoms with E-state index >= 15 is 0 Å². The number of halogens is 1. The lowest BCUT2D eigenvalue weighted by Gasteiger charge is -2.09. The van der Waals surface area contributed by atoms with E-state index in [0.29, 0.717) is 33.8 Å². The minimum absolute atomic E-state index is 0.125. The maximum Gasteiger partial charge on any atom is 0.275 e. The number of nitrogens with zero attached hydrogens (tertiary/aromatic N) is 3. The summed E-state index contributed by atoms with van der Waals surface area (Å²) in [4.78, 5) is 29.5. The molecular formula is C24H23FN4O4S. The summed E-state index contributed by atoms with van der Waals surface area (Å²) in [6.07, 6.45) is 0.792. The molecule has 10 heteroatoms. The van der Waals surface area contributed by atoms with E-state index in [4.69, 9.17) is 9.47 Å². The topological polar surface area (TPSA) is 94.8 Å². The first-order chi connectivity index (χ1) is 16.4. The van der Waals surface area contributed by atoms with Gasteiger partial charge < -0.3 is 14.8 Å². The first-order valence-corrected chi connectivity index (χ1v) is 11.5. The van der Waals surface area contributed by atoms with Crippen LogP contribution >= 0.6 is 11.3 Å². The molecule has 0 saturated heterocycles. The van der Waals surface area contributed by atoms with Crippen LogP contribution in [0.15, 0.2) is 59.4 Å². The van der Waals surface area contributed by atoms with Crippen LogP contribution in [-0.2, 0) is 17.8 Å². The number of rotatable bonds is 9. The van der Waals surface area contributed by atoms with Crippen molar-refractivity contribution in [2.45, 2.75) is 26.9 Å². The summed E-state index contributed by atoms with van der Waals surface area (Å²) in [7, 11) is 0. The number of amides is 1. The fourth-order valence-corrected chi connectivity index (χ4v) is 4.20. The van der Waals surface area contributed by atoms with Gasteiger partial charge in [0.15, 0.2) is 6.61 Å². The molecule has 2 heterocycles. The molecule has 0 radical (unpaired) electrons. The van der Waals surface area contributed by atoms with Crippen molar-refractivity contribution in [2.24, 2.45) is 5.92 Å². The van der Waals surface area contributed by atoms with Crippen LogP contribution < -0.4 is 20.3 Å². The molecular weight excluding hydrogens is 459 g/mol. The van der Waals surface area contributed by atoms with Crippen molar-refractivity contribution in [3.63, 3.8) is 0 Å². The monoisotopic (exact) mass is 482 g/mol. The third kappa shape index (κ3) is 6.16. The van der Waals surface area contributed by atoms with Crippen molar-refractivity contribution < 1.29 is 18.7 Å². The summed E-state index contributed by atoms with van der Waals surface area (Å²) in [5.74, 6) is 0.683. The molecule has 0 unspecified atom stereocenters. The van der Waals surface area contributed by atoms with Gasteiger partial charge in [-0.15, -0.1) is 0 Å². The first-order valence-electron chi connectivity index (χ1n) is 10.7. The number of ether oxygens (including phenoxy) is 2. The van der Waals surface area contributed by atoms with E-state index in [9.17, 15) is 14.0 Å². The van der Waals surface area contributed by atoms with Crippen molar-refractivity contribution in [1.82, 2.24) is 14.6 Å². The molecule has 1 N–H and O–H groups in total. The zero-order chi connectivity index (χ0) is 24.1. The standard InChI is InChI=1S/C24H23FN4O4S/c1-15(2)11-22-28-29-23(31)12-18(27-24(29)34-22)13-32-20-9-5-17(6-10-20)26-21(30)14-33-19-7-3-16(25)4-8-19/h3-10,12,15H,11,13-14H2,1-2H3,(H,26,30). The number of nitrogens with one attached hydrogen (secondary N) is 1. The molecule has 0 atom stereocenters. The molecule has 2 aromatic carbocycles. The second-order valence-corrected chi connectivity index (χ2v) is 9.02. The summed E-state index contributed by atoms with van der Waals surface area (Å²) >= 11 is 1.40. The normalized spacial score (nSPS) is 11.1. The summed E-state index contributed by atoms with van der Waals surface area (Å²) < 4.78 is 25.3. The summed E-state index contributed by atoms with van der Waals surface area (Å²) in [6.45, 7) is 4.12. The molecule has 176 valence electrons. The van der Waals surface area contributed by atoms with Crippen LogP contribution in [0.5, 0.6) is 11.5 Å². The quantitative estimate of drug-likeness (QED) is 0.386. The Labute approximate surface area is 199 Å². The average molecular weight is 483 g/mol. The Bertz CT molecular complexity index is 1330. The zero-order valence-corrected chi connectivity index (χ0v) is 19.5. The van der Waals surface area contributed by atoms with Crippen molar-refractivity contribution in [1.29, 1.82) is 0 Å². The smallest absolute Gasteiger partial charge is 0.275 e. The van der Waals surface area contributed by atoms with Gasteiger partial charge in [-0.3, -0.25) is 9.59 Å². The second-order valence-electron chi connectivity index (χ2n) is 7.98. The Morgan fingerprint density at radius 2 is 1.76 bits per heavy atom. The number of hydrogen-bond donors (Lipinski definition) is 1. The lowest BCUT2D eigenvalue weighted by molar-refractivity contribution is -0.118. The molecule has 34 heavy (non-hydrogen) atoms. The van der Waals surface area contributed by atoms with Gasteiger partial charge >= 0.3 is 0 Å². The van der Waals surface area contributed by atoms with Crippen LogP contribution in [-0.4, -0.2) is 27.1 Å². The largest absolute Gasteiger partial charge is 0.487 e. The summed E-state index contributed by atoms with van der Waals surface area (Å²) in [5, 5.41) is 7.93. The van der Waals surface area contributed by atoms with Crippen molar-refractivity contribution in [3.8, 4) is 11.5 Å². The minimum atomic E-state index is -0.373. The molecule has 8 nitrogen and oxygen atoms in total. The van der Waals surface area contributed by atoms with E-state index in [1.54, 1.807) is 24.3 Å². The number of fused-ring (bicyclic) bond motifs is 1. The van der Waals surface area contributed by atoms with Crippen LogP contribution in [0, 0.1) is 11.7 Å².